The molecule has 2 rings (SSSR count). The highest BCUT2D eigenvalue weighted by atomic mass is 32.2. The number of nitrogens with zero attached hydrogens (tertiary/aromatic N) is 1. The summed E-state index contributed by atoms with van der Waals surface area (Å²) in [4.78, 5) is 26.0. The SMILES string of the molecule is C=CCNC(=O)c1cccc(S(=O)(=O)NCCC(=O)N2CCCC(C)C2)c1. The molecule has 2 amide bonds. The van der Waals surface area contributed by atoms with Crippen molar-refractivity contribution in [2.45, 2.75) is 31.1 Å². The van der Waals surface area contributed by atoms with Crippen molar-refractivity contribution >= 4 is 21.8 Å². The summed E-state index contributed by atoms with van der Waals surface area (Å²) in [6, 6.07) is 5.78. The lowest BCUT2D eigenvalue weighted by atomic mass is 10.0. The second kappa shape index (κ2) is 9.66. The lowest BCUT2D eigenvalue weighted by molar-refractivity contribution is -0.132. The Kier molecular flexibility index (Phi) is 7.55. The maximum Gasteiger partial charge on any atom is 0.251 e. The number of likely N-dealkylation sites (tertiary alicyclic amines) is 1. The molecule has 148 valence electrons. The van der Waals surface area contributed by atoms with Gasteiger partial charge in [-0.05, 0) is 37.0 Å². The van der Waals surface area contributed by atoms with E-state index in [4.69, 9.17) is 0 Å². The molecule has 0 radical (unpaired) electrons. The van der Waals surface area contributed by atoms with Crippen molar-refractivity contribution in [3.8, 4) is 0 Å². The molecule has 1 heterocycles. The maximum atomic E-state index is 12.4. The van der Waals surface area contributed by atoms with Crippen LogP contribution < -0.4 is 10.0 Å². The minimum Gasteiger partial charge on any atom is -0.349 e. The zero-order chi connectivity index (χ0) is 19.9. The third-order valence-electron chi connectivity index (χ3n) is 4.45. The Morgan fingerprint density at radius 3 is 2.85 bits per heavy atom. The van der Waals surface area contributed by atoms with E-state index in [0.29, 0.717) is 12.5 Å². The van der Waals surface area contributed by atoms with Gasteiger partial charge in [0.15, 0.2) is 0 Å². The molecule has 7 nitrogen and oxygen atoms in total. The third-order valence-corrected chi connectivity index (χ3v) is 5.91. The quantitative estimate of drug-likeness (QED) is 0.655. The van der Waals surface area contributed by atoms with Crippen molar-refractivity contribution in [1.82, 2.24) is 14.9 Å². The zero-order valence-electron chi connectivity index (χ0n) is 15.6. The third kappa shape index (κ3) is 6.18. The summed E-state index contributed by atoms with van der Waals surface area (Å²) in [6.45, 7) is 7.42. The Morgan fingerprint density at radius 2 is 2.15 bits per heavy atom. The van der Waals surface area contributed by atoms with Gasteiger partial charge in [-0.15, -0.1) is 6.58 Å². The summed E-state index contributed by atoms with van der Waals surface area (Å²) >= 11 is 0. The van der Waals surface area contributed by atoms with Crippen LogP contribution in [0.25, 0.3) is 0 Å². The van der Waals surface area contributed by atoms with E-state index in [-0.39, 0.29) is 35.2 Å². The van der Waals surface area contributed by atoms with Crippen molar-refractivity contribution in [1.29, 1.82) is 0 Å². The molecule has 0 bridgehead atoms. The van der Waals surface area contributed by atoms with E-state index in [1.807, 2.05) is 0 Å². The lowest BCUT2D eigenvalue weighted by Gasteiger charge is -2.31. The van der Waals surface area contributed by atoms with E-state index in [1.54, 1.807) is 17.0 Å². The second-order valence-electron chi connectivity index (χ2n) is 6.76. The largest absolute Gasteiger partial charge is 0.349 e. The fourth-order valence-electron chi connectivity index (χ4n) is 3.02. The summed E-state index contributed by atoms with van der Waals surface area (Å²) in [7, 11) is -3.79. The zero-order valence-corrected chi connectivity index (χ0v) is 16.4. The molecule has 1 fully saturated rings. The summed E-state index contributed by atoms with van der Waals surface area (Å²) in [5.41, 5.74) is 0.248. The molecule has 27 heavy (non-hydrogen) atoms. The Morgan fingerprint density at radius 1 is 1.37 bits per heavy atom. The molecule has 2 N–H and O–H groups in total. The predicted octanol–water partition coefficient (Wildman–Crippen LogP) is 1.53. The molecule has 8 heteroatoms. The highest BCUT2D eigenvalue weighted by molar-refractivity contribution is 7.89. The topological polar surface area (TPSA) is 95.6 Å². The normalized spacial score (nSPS) is 17.4. The Labute approximate surface area is 160 Å². The van der Waals surface area contributed by atoms with Gasteiger partial charge in [0.1, 0.15) is 0 Å². The van der Waals surface area contributed by atoms with Gasteiger partial charge >= 0.3 is 0 Å². The van der Waals surface area contributed by atoms with Gasteiger partial charge in [0.05, 0.1) is 4.90 Å². The summed E-state index contributed by atoms with van der Waals surface area (Å²) in [6.07, 6.45) is 3.76. The van der Waals surface area contributed by atoms with Crippen LogP contribution in [0.4, 0.5) is 0 Å². The first-order valence-corrected chi connectivity index (χ1v) is 10.6. The van der Waals surface area contributed by atoms with Crippen LogP contribution in [-0.4, -0.2) is 51.3 Å². The monoisotopic (exact) mass is 393 g/mol. The predicted molar refractivity (Wildman–Crippen MR) is 104 cm³/mol. The van der Waals surface area contributed by atoms with E-state index >= 15 is 0 Å². The van der Waals surface area contributed by atoms with Crippen molar-refractivity contribution in [2.75, 3.05) is 26.2 Å². The van der Waals surface area contributed by atoms with E-state index in [0.717, 1.165) is 25.9 Å². The molecule has 1 unspecified atom stereocenters. The number of piperidine rings is 1. The Balaban J connectivity index is 1.93. The minimum atomic E-state index is -3.79. The fourth-order valence-corrected chi connectivity index (χ4v) is 4.10. The maximum absolute atomic E-state index is 12.4. The number of carbonyl (C=O) groups is 2. The summed E-state index contributed by atoms with van der Waals surface area (Å²) < 4.78 is 27.3. The van der Waals surface area contributed by atoms with Gasteiger partial charge in [0.25, 0.3) is 5.91 Å². The molecule has 1 aromatic carbocycles. The average Bonchev–Trinajstić information content (AvgIpc) is 2.66. The molecule has 1 aromatic rings. The number of benzene rings is 1. The number of carbonyl (C=O) groups excluding carboxylic acids is 2. The first kappa shape index (κ1) is 21.1. The van der Waals surface area contributed by atoms with E-state index in [9.17, 15) is 18.0 Å². The first-order chi connectivity index (χ1) is 12.8. The minimum absolute atomic E-state index is 0.00667. The lowest BCUT2D eigenvalue weighted by Crippen LogP contribution is -2.40. The van der Waals surface area contributed by atoms with E-state index in [2.05, 4.69) is 23.5 Å². The molecule has 1 atom stereocenters. The molecule has 0 aliphatic carbocycles. The van der Waals surface area contributed by atoms with Crippen LogP contribution in [0.1, 0.15) is 36.5 Å². The van der Waals surface area contributed by atoms with Crippen LogP contribution in [0.2, 0.25) is 0 Å². The summed E-state index contributed by atoms with van der Waals surface area (Å²) in [5.74, 6) is 0.0671. The van der Waals surface area contributed by atoms with Crippen LogP contribution in [0.15, 0.2) is 41.8 Å². The Hall–Kier alpha value is -2.19. The number of amides is 2. The van der Waals surface area contributed by atoms with Crippen molar-refractivity contribution in [3.63, 3.8) is 0 Å². The van der Waals surface area contributed by atoms with Gasteiger partial charge in [0, 0.05) is 38.2 Å². The average molecular weight is 394 g/mol. The van der Waals surface area contributed by atoms with Crippen LogP contribution in [-0.2, 0) is 14.8 Å². The van der Waals surface area contributed by atoms with Gasteiger partial charge in [-0.2, -0.15) is 0 Å². The van der Waals surface area contributed by atoms with Crippen LogP contribution in [0.5, 0.6) is 0 Å². The highest BCUT2D eigenvalue weighted by Gasteiger charge is 2.21. The van der Waals surface area contributed by atoms with Crippen molar-refractivity contribution in [3.05, 3.63) is 42.5 Å². The number of rotatable bonds is 8. The van der Waals surface area contributed by atoms with Gasteiger partial charge < -0.3 is 10.2 Å². The molecule has 1 aliphatic heterocycles. The van der Waals surface area contributed by atoms with Gasteiger partial charge in [-0.25, -0.2) is 13.1 Å². The van der Waals surface area contributed by atoms with Crippen LogP contribution in [0.3, 0.4) is 0 Å². The summed E-state index contributed by atoms with van der Waals surface area (Å²) in [5, 5.41) is 2.60. The second-order valence-corrected chi connectivity index (χ2v) is 8.53. The van der Waals surface area contributed by atoms with Crippen LogP contribution in [0, 0.1) is 5.92 Å². The molecule has 0 saturated carbocycles. The molecule has 1 aliphatic rings. The Bertz CT molecular complexity index is 792. The van der Waals surface area contributed by atoms with Crippen molar-refractivity contribution < 1.29 is 18.0 Å². The number of sulfonamides is 1. The first-order valence-electron chi connectivity index (χ1n) is 9.10. The molecular weight excluding hydrogens is 366 g/mol. The number of hydrogen-bond donors (Lipinski definition) is 2. The molecular formula is C19H27N3O4S. The standard InChI is InChI=1S/C19H27N3O4S/c1-3-10-20-19(24)16-7-4-8-17(13-16)27(25,26)21-11-9-18(23)22-12-5-6-15(2)14-22/h3-4,7-8,13,15,21H,1,5-6,9-12,14H2,2H3,(H,20,24). The van der Waals surface area contributed by atoms with E-state index < -0.39 is 10.0 Å². The highest BCUT2D eigenvalue weighted by Crippen LogP contribution is 2.16. The van der Waals surface area contributed by atoms with Gasteiger partial charge in [-0.3, -0.25) is 9.59 Å². The smallest absolute Gasteiger partial charge is 0.251 e. The van der Waals surface area contributed by atoms with Gasteiger partial charge in [0.2, 0.25) is 15.9 Å². The van der Waals surface area contributed by atoms with Crippen LogP contribution >= 0.6 is 0 Å². The molecule has 0 spiro atoms. The molecule has 1 saturated heterocycles. The fraction of sp³-hybridized carbons (Fsp3) is 0.474. The van der Waals surface area contributed by atoms with Crippen molar-refractivity contribution in [2.24, 2.45) is 5.92 Å². The molecule has 0 aromatic heterocycles. The number of nitrogens with one attached hydrogen (secondary N) is 2. The van der Waals surface area contributed by atoms with Gasteiger partial charge in [-0.1, -0.05) is 19.1 Å². The van der Waals surface area contributed by atoms with E-state index in [1.165, 1.54) is 18.2 Å². The number of hydrogen-bond acceptors (Lipinski definition) is 4.